The van der Waals surface area contributed by atoms with Crippen molar-refractivity contribution in [3.63, 3.8) is 0 Å². The van der Waals surface area contributed by atoms with Gasteiger partial charge in [-0.05, 0) is 73.3 Å². The fourth-order valence-electron chi connectivity index (χ4n) is 1.63. The standard InChI is InChI=1S/C11H11I3N2O5/c12-6-2(1-3(17)9(15)18)7(13)5(11(20)21)8(14)4(6)10(16)19/h3,9,17-18H,1,15H2,(H2,16,19)(H,20,21). The third kappa shape index (κ3) is 4.15. The SMILES string of the molecule is NC(=O)c1c(I)c(CC(O)C(N)O)c(I)c(C(=O)O)c1I. The molecule has 1 aromatic rings. The summed E-state index contributed by atoms with van der Waals surface area (Å²) >= 11 is 5.45. The van der Waals surface area contributed by atoms with E-state index in [1.165, 1.54) is 0 Å². The molecule has 7 nitrogen and oxygen atoms in total. The minimum Gasteiger partial charge on any atom is -0.478 e. The number of rotatable bonds is 5. The summed E-state index contributed by atoms with van der Waals surface area (Å²) < 4.78 is 1.06. The van der Waals surface area contributed by atoms with E-state index in [1.54, 1.807) is 22.6 Å². The maximum Gasteiger partial charge on any atom is 0.337 e. The minimum atomic E-state index is -1.47. The Balaban J connectivity index is 3.63. The minimum absolute atomic E-state index is 0.0564. The summed E-state index contributed by atoms with van der Waals surface area (Å²) in [5, 5.41) is 28.2. The average molecular weight is 632 g/mol. The van der Waals surface area contributed by atoms with Crippen molar-refractivity contribution in [1.29, 1.82) is 0 Å². The molecule has 0 aliphatic rings. The maximum atomic E-state index is 11.6. The highest BCUT2D eigenvalue weighted by Crippen LogP contribution is 2.32. The van der Waals surface area contributed by atoms with Gasteiger partial charge in [0.1, 0.15) is 6.23 Å². The van der Waals surface area contributed by atoms with Gasteiger partial charge in [-0.3, -0.25) is 4.79 Å². The monoisotopic (exact) mass is 632 g/mol. The molecule has 1 amide bonds. The first-order valence-corrected chi connectivity index (χ1v) is 8.67. The second-order valence-electron chi connectivity index (χ2n) is 4.10. The Bertz CT molecular complexity index is 565. The topological polar surface area (TPSA) is 147 Å². The first-order chi connectivity index (χ1) is 9.59. The molecular formula is C11H11I3N2O5. The van der Waals surface area contributed by atoms with Crippen molar-refractivity contribution < 1.29 is 24.9 Å². The van der Waals surface area contributed by atoms with E-state index < -0.39 is 24.2 Å². The number of carboxylic acid groups (broad SMARTS) is 1. The number of aromatic carboxylic acids is 1. The highest BCUT2D eigenvalue weighted by Gasteiger charge is 2.28. The highest BCUT2D eigenvalue weighted by molar-refractivity contribution is 14.1. The van der Waals surface area contributed by atoms with E-state index in [1.807, 2.05) is 45.2 Å². The van der Waals surface area contributed by atoms with Gasteiger partial charge in [0.15, 0.2) is 0 Å². The lowest BCUT2D eigenvalue weighted by Crippen LogP contribution is -2.36. The Labute approximate surface area is 160 Å². The van der Waals surface area contributed by atoms with E-state index in [0.717, 1.165) is 0 Å². The molecule has 116 valence electrons. The lowest BCUT2D eigenvalue weighted by atomic mass is 10.00. The van der Waals surface area contributed by atoms with Gasteiger partial charge in [-0.1, -0.05) is 0 Å². The van der Waals surface area contributed by atoms with E-state index in [-0.39, 0.29) is 21.1 Å². The van der Waals surface area contributed by atoms with Crippen molar-refractivity contribution in [2.45, 2.75) is 18.8 Å². The number of hydrogen-bond donors (Lipinski definition) is 5. The Hall–Kier alpha value is 0.230. The molecule has 0 spiro atoms. The number of aliphatic hydroxyl groups excluding tert-OH is 2. The van der Waals surface area contributed by atoms with Crippen LogP contribution in [-0.4, -0.2) is 39.5 Å². The quantitative estimate of drug-likeness (QED) is 0.236. The fourth-order valence-corrected chi connectivity index (χ4v) is 6.23. The summed E-state index contributed by atoms with van der Waals surface area (Å²) in [4.78, 5) is 23.0. The molecular weight excluding hydrogens is 621 g/mol. The zero-order valence-corrected chi connectivity index (χ0v) is 16.8. The lowest BCUT2D eigenvalue weighted by molar-refractivity contribution is 0.0241. The molecule has 2 atom stereocenters. The second-order valence-corrected chi connectivity index (χ2v) is 7.34. The number of carbonyl (C=O) groups excluding carboxylic acids is 1. The first kappa shape index (κ1) is 19.3. The number of carboxylic acids is 1. The van der Waals surface area contributed by atoms with Crippen LogP contribution in [0.2, 0.25) is 0 Å². The molecule has 0 saturated heterocycles. The number of primary amides is 1. The van der Waals surface area contributed by atoms with Crippen LogP contribution in [0.25, 0.3) is 0 Å². The summed E-state index contributed by atoms with van der Waals surface area (Å²) in [5.74, 6) is -1.96. The van der Waals surface area contributed by atoms with Gasteiger partial charge < -0.3 is 26.8 Å². The summed E-state index contributed by atoms with van der Waals surface area (Å²) in [7, 11) is 0. The molecule has 2 unspecified atom stereocenters. The maximum absolute atomic E-state index is 11.6. The molecule has 1 aromatic carbocycles. The predicted octanol–water partition coefficient (Wildman–Crippen LogP) is 0.478. The molecule has 7 N–H and O–H groups in total. The molecule has 1 rings (SSSR count). The van der Waals surface area contributed by atoms with Crippen molar-refractivity contribution in [1.82, 2.24) is 0 Å². The second kappa shape index (κ2) is 7.67. The van der Waals surface area contributed by atoms with Crippen molar-refractivity contribution in [3.8, 4) is 0 Å². The van der Waals surface area contributed by atoms with Gasteiger partial charge in [-0.25, -0.2) is 4.79 Å². The third-order valence-electron chi connectivity index (χ3n) is 2.68. The molecule has 0 saturated carbocycles. The molecule has 0 radical (unpaired) electrons. The van der Waals surface area contributed by atoms with Crippen LogP contribution in [0.5, 0.6) is 0 Å². The fraction of sp³-hybridized carbons (Fsp3) is 0.273. The Morgan fingerprint density at radius 2 is 1.52 bits per heavy atom. The molecule has 0 heterocycles. The van der Waals surface area contributed by atoms with Gasteiger partial charge in [0.05, 0.1) is 17.2 Å². The molecule has 0 aromatic heterocycles. The molecule has 0 aliphatic carbocycles. The smallest absolute Gasteiger partial charge is 0.337 e. The van der Waals surface area contributed by atoms with Crippen LogP contribution >= 0.6 is 67.8 Å². The Kier molecular flexibility index (Phi) is 7.04. The number of aliphatic hydroxyl groups is 2. The first-order valence-electron chi connectivity index (χ1n) is 5.43. The lowest BCUT2D eigenvalue weighted by Gasteiger charge is -2.19. The van der Waals surface area contributed by atoms with Crippen LogP contribution in [0.1, 0.15) is 26.3 Å². The van der Waals surface area contributed by atoms with E-state index in [0.29, 0.717) is 12.7 Å². The number of benzene rings is 1. The summed E-state index contributed by atoms with van der Waals surface area (Å²) in [6.07, 6.45) is -2.85. The third-order valence-corrected chi connectivity index (χ3v) is 6.14. The van der Waals surface area contributed by atoms with E-state index in [9.17, 15) is 24.9 Å². The van der Waals surface area contributed by atoms with Gasteiger partial charge in [0, 0.05) is 17.1 Å². The van der Waals surface area contributed by atoms with Gasteiger partial charge in [0.25, 0.3) is 5.91 Å². The van der Waals surface area contributed by atoms with E-state index in [2.05, 4.69) is 0 Å². The predicted molar refractivity (Wildman–Crippen MR) is 100.0 cm³/mol. The zero-order valence-electron chi connectivity index (χ0n) is 10.3. The summed E-state index contributed by atoms with van der Waals surface area (Å²) in [6, 6.07) is 0. The summed E-state index contributed by atoms with van der Waals surface area (Å²) in [6.45, 7) is 0. The highest BCUT2D eigenvalue weighted by atomic mass is 127. The number of amides is 1. The normalized spacial score (nSPS) is 13.8. The molecule has 0 aliphatic heterocycles. The van der Waals surface area contributed by atoms with E-state index in [4.69, 9.17) is 11.5 Å². The van der Waals surface area contributed by atoms with Crippen molar-refractivity contribution >= 4 is 79.6 Å². The van der Waals surface area contributed by atoms with Crippen LogP contribution in [0, 0.1) is 10.7 Å². The average Bonchev–Trinajstić information content (AvgIpc) is 2.32. The van der Waals surface area contributed by atoms with Crippen LogP contribution < -0.4 is 11.5 Å². The Morgan fingerprint density at radius 3 is 1.90 bits per heavy atom. The number of carbonyl (C=O) groups is 2. The zero-order chi connectivity index (χ0) is 16.5. The Morgan fingerprint density at radius 1 is 1.05 bits per heavy atom. The number of halogens is 3. The van der Waals surface area contributed by atoms with E-state index >= 15 is 0 Å². The molecule has 10 heteroatoms. The largest absolute Gasteiger partial charge is 0.478 e. The van der Waals surface area contributed by atoms with Crippen molar-refractivity contribution in [2.24, 2.45) is 11.5 Å². The number of hydrogen-bond acceptors (Lipinski definition) is 5. The van der Waals surface area contributed by atoms with Crippen LogP contribution in [0.15, 0.2) is 0 Å². The van der Waals surface area contributed by atoms with Crippen LogP contribution in [-0.2, 0) is 6.42 Å². The van der Waals surface area contributed by atoms with Crippen LogP contribution in [0.3, 0.4) is 0 Å². The van der Waals surface area contributed by atoms with Crippen LogP contribution in [0.4, 0.5) is 0 Å². The molecule has 21 heavy (non-hydrogen) atoms. The van der Waals surface area contributed by atoms with Gasteiger partial charge in [-0.15, -0.1) is 0 Å². The summed E-state index contributed by atoms with van der Waals surface area (Å²) in [5.41, 5.74) is 11.0. The van der Waals surface area contributed by atoms with Crippen molar-refractivity contribution in [3.05, 3.63) is 27.4 Å². The van der Waals surface area contributed by atoms with Gasteiger partial charge in [-0.2, -0.15) is 0 Å². The molecule has 0 fully saturated rings. The van der Waals surface area contributed by atoms with Gasteiger partial charge >= 0.3 is 5.97 Å². The van der Waals surface area contributed by atoms with Gasteiger partial charge in [0.2, 0.25) is 0 Å². The molecule has 0 bridgehead atoms. The van der Waals surface area contributed by atoms with Crippen molar-refractivity contribution in [2.75, 3.05) is 0 Å². The number of nitrogens with two attached hydrogens (primary N) is 2.